The van der Waals surface area contributed by atoms with Gasteiger partial charge in [-0.05, 0) is 12.8 Å². The van der Waals surface area contributed by atoms with E-state index in [2.05, 4.69) is 13.0 Å². The zero-order valence-corrected chi connectivity index (χ0v) is 8.05. The van der Waals surface area contributed by atoms with E-state index in [0.717, 1.165) is 12.8 Å². The zero-order valence-electron chi connectivity index (χ0n) is 8.05. The molecule has 0 rings (SSSR count). The normalized spacial score (nSPS) is 11.5. The van der Waals surface area contributed by atoms with Crippen LogP contribution in [0.3, 0.4) is 0 Å². The Kier molecular flexibility index (Phi) is 7.66. The highest BCUT2D eigenvalue weighted by atomic mass is 16.1. The van der Waals surface area contributed by atoms with E-state index in [1.54, 1.807) is 0 Å². The van der Waals surface area contributed by atoms with Crippen molar-refractivity contribution in [3.63, 3.8) is 0 Å². The molecule has 0 unspecified atom stereocenters. The van der Waals surface area contributed by atoms with Crippen LogP contribution in [0.15, 0.2) is 24.3 Å². The van der Waals surface area contributed by atoms with Crippen molar-refractivity contribution in [2.45, 2.75) is 39.5 Å². The molecule has 1 heteroatoms. The summed E-state index contributed by atoms with van der Waals surface area (Å²) in [5.41, 5.74) is 0. The molecule has 0 aliphatic carbocycles. The summed E-state index contributed by atoms with van der Waals surface area (Å²) in [6.07, 6.45) is 11.2. The molecule has 0 amide bonds. The van der Waals surface area contributed by atoms with Crippen LogP contribution in [0.2, 0.25) is 0 Å². The summed E-state index contributed by atoms with van der Waals surface area (Å²) in [5, 5.41) is 0. The summed E-state index contributed by atoms with van der Waals surface area (Å²) in [7, 11) is 0. The van der Waals surface area contributed by atoms with Gasteiger partial charge in [0.05, 0.1) is 0 Å². The molecule has 12 heavy (non-hydrogen) atoms. The van der Waals surface area contributed by atoms with Crippen molar-refractivity contribution >= 4 is 5.78 Å². The molecule has 0 aliphatic rings. The van der Waals surface area contributed by atoms with Crippen molar-refractivity contribution in [2.24, 2.45) is 0 Å². The van der Waals surface area contributed by atoms with Crippen molar-refractivity contribution < 1.29 is 4.79 Å². The fourth-order valence-electron chi connectivity index (χ4n) is 0.874. The van der Waals surface area contributed by atoms with Crippen LogP contribution >= 0.6 is 0 Å². The smallest absolute Gasteiger partial charge is 0.136 e. The van der Waals surface area contributed by atoms with Gasteiger partial charge in [0.1, 0.15) is 5.78 Å². The molecule has 0 aromatic carbocycles. The van der Waals surface area contributed by atoms with Crippen molar-refractivity contribution in [3.8, 4) is 0 Å². The number of hydrogen-bond donors (Lipinski definition) is 0. The zero-order chi connectivity index (χ0) is 9.23. The highest BCUT2D eigenvalue weighted by Crippen LogP contribution is 1.95. The summed E-state index contributed by atoms with van der Waals surface area (Å²) in [6, 6.07) is 0. The largest absolute Gasteiger partial charge is 0.299 e. The molecular formula is C11H18O. The van der Waals surface area contributed by atoms with E-state index < -0.39 is 0 Å². The highest BCUT2D eigenvalue weighted by Gasteiger charge is 1.94. The molecule has 0 heterocycles. The molecule has 0 fully saturated rings. The van der Waals surface area contributed by atoms with Crippen LogP contribution in [0, 0.1) is 0 Å². The van der Waals surface area contributed by atoms with Crippen LogP contribution in [0.5, 0.6) is 0 Å². The lowest BCUT2D eigenvalue weighted by Gasteiger charge is -1.90. The number of allylic oxidation sites excluding steroid dienone is 4. The fourth-order valence-corrected chi connectivity index (χ4v) is 0.874. The lowest BCUT2D eigenvalue weighted by atomic mass is 10.2. The molecule has 0 saturated carbocycles. The Labute approximate surface area is 75.2 Å². The maximum Gasteiger partial charge on any atom is 0.136 e. The molecule has 1 nitrogen and oxygen atoms in total. The number of rotatable bonds is 6. The van der Waals surface area contributed by atoms with Crippen LogP contribution in [0.4, 0.5) is 0 Å². The van der Waals surface area contributed by atoms with E-state index in [9.17, 15) is 4.79 Å². The fraction of sp³-hybridized carbons (Fsp3) is 0.545. The van der Waals surface area contributed by atoms with E-state index in [0.29, 0.717) is 18.6 Å². The standard InChI is InChI=1S/C11H18O/c1-3-5-6-7-8-10-11(12)9-4-2/h5-8H,3-4,9-10H2,1-2H3/b6-5+,8-7-. The van der Waals surface area contributed by atoms with Crippen molar-refractivity contribution in [2.75, 3.05) is 0 Å². The van der Waals surface area contributed by atoms with Gasteiger partial charge in [0, 0.05) is 12.8 Å². The van der Waals surface area contributed by atoms with Crippen LogP contribution in [-0.2, 0) is 4.79 Å². The predicted molar refractivity (Wildman–Crippen MR) is 53.1 cm³/mol. The van der Waals surface area contributed by atoms with Gasteiger partial charge in [0.25, 0.3) is 0 Å². The maximum absolute atomic E-state index is 11.0. The third-order valence-corrected chi connectivity index (χ3v) is 1.49. The molecule has 0 saturated heterocycles. The van der Waals surface area contributed by atoms with Crippen LogP contribution in [0.25, 0.3) is 0 Å². The van der Waals surface area contributed by atoms with Crippen LogP contribution in [0.1, 0.15) is 39.5 Å². The minimum atomic E-state index is 0.332. The monoisotopic (exact) mass is 166 g/mol. The van der Waals surface area contributed by atoms with Gasteiger partial charge in [-0.1, -0.05) is 38.2 Å². The van der Waals surface area contributed by atoms with E-state index in [-0.39, 0.29) is 0 Å². The van der Waals surface area contributed by atoms with Gasteiger partial charge in [-0.25, -0.2) is 0 Å². The summed E-state index contributed by atoms with van der Waals surface area (Å²) < 4.78 is 0. The number of carbonyl (C=O) groups excluding carboxylic acids is 1. The van der Waals surface area contributed by atoms with Crippen LogP contribution in [-0.4, -0.2) is 5.78 Å². The first-order valence-electron chi connectivity index (χ1n) is 4.64. The van der Waals surface area contributed by atoms with Gasteiger partial charge in [-0.2, -0.15) is 0 Å². The molecular weight excluding hydrogens is 148 g/mol. The molecule has 0 N–H and O–H groups in total. The third-order valence-electron chi connectivity index (χ3n) is 1.49. The summed E-state index contributed by atoms with van der Waals surface area (Å²) in [4.78, 5) is 11.0. The first kappa shape index (κ1) is 11.2. The average Bonchev–Trinajstić information content (AvgIpc) is 2.05. The van der Waals surface area contributed by atoms with E-state index in [1.807, 2.05) is 25.2 Å². The minimum absolute atomic E-state index is 0.332. The molecule has 0 bridgehead atoms. The van der Waals surface area contributed by atoms with Gasteiger partial charge < -0.3 is 0 Å². The van der Waals surface area contributed by atoms with Gasteiger partial charge in [-0.3, -0.25) is 4.79 Å². The van der Waals surface area contributed by atoms with Crippen molar-refractivity contribution in [1.82, 2.24) is 0 Å². The van der Waals surface area contributed by atoms with E-state index in [1.165, 1.54) is 0 Å². The maximum atomic E-state index is 11.0. The SMILES string of the molecule is CC/C=C/C=C\CC(=O)CCC. The molecule has 0 spiro atoms. The predicted octanol–water partition coefficient (Wildman–Crippen LogP) is 3.27. The molecule has 0 aliphatic heterocycles. The Balaban J connectivity index is 3.46. The molecule has 0 aromatic heterocycles. The average molecular weight is 166 g/mol. The second-order valence-corrected chi connectivity index (χ2v) is 2.76. The first-order valence-corrected chi connectivity index (χ1v) is 4.64. The number of hydrogen-bond acceptors (Lipinski definition) is 1. The summed E-state index contributed by atoms with van der Waals surface area (Å²) in [6.45, 7) is 4.12. The second kappa shape index (κ2) is 8.25. The van der Waals surface area contributed by atoms with Gasteiger partial charge >= 0.3 is 0 Å². The summed E-state index contributed by atoms with van der Waals surface area (Å²) >= 11 is 0. The molecule has 0 atom stereocenters. The van der Waals surface area contributed by atoms with E-state index in [4.69, 9.17) is 0 Å². The van der Waals surface area contributed by atoms with E-state index >= 15 is 0 Å². The number of Topliss-reactive ketones (excluding diaryl/α,β-unsaturated/α-hetero) is 1. The topological polar surface area (TPSA) is 17.1 Å². The van der Waals surface area contributed by atoms with Crippen molar-refractivity contribution in [1.29, 1.82) is 0 Å². The Morgan fingerprint density at radius 1 is 1.17 bits per heavy atom. The first-order chi connectivity index (χ1) is 5.81. The van der Waals surface area contributed by atoms with Gasteiger partial charge in [-0.15, -0.1) is 0 Å². The molecule has 68 valence electrons. The Morgan fingerprint density at radius 3 is 2.42 bits per heavy atom. The Morgan fingerprint density at radius 2 is 1.83 bits per heavy atom. The quantitative estimate of drug-likeness (QED) is 0.553. The second-order valence-electron chi connectivity index (χ2n) is 2.76. The number of carbonyl (C=O) groups is 1. The van der Waals surface area contributed by atoms with Gasteiger partial charge in [0.2, 0.25) is 0 Å². The highest BCUT2D eigenvalue weighted by molar-refractivity contribution is 5.79. The molecule has 0 radical (unpaired) electrons. The number of ketones is 1. The Bertz CT molecular complexity index is 166. The lowest BCUT2D eigenvalue weighted by Crippen LogP contribution is -1.92. The summed E-state index contributed by atoms with van der Waals surface area (Å²) in [5.74, 6) is 0.332. The Hall–Kier alpha value is -0.850. The third kappa shape index (κ3) is 7.26. The minimum Gasteiger partial charge on any atom is -0.299 e. The van der Waals surface area contributed by atoms with Crippen molar-refractivity contribution in [3.05, 3.63) is 24.3 Å². The lowest BCUT2D eigenvalue weighted by molar-refractivity contribution is -0.118. The molecule has 0 aromatic rings. The van der Waals surface area contributed by atoms with Crippen LogP contribution < -0.4 is 0 Å². The van der Waals surface area contributed by atoms with Gasteiger partial charge in [0.15, 0.2) is 0 Å².